The third-order valence-corrected chi connectivity index (χ3v) is 14.9. The van der Waals surface area contributed by atoms with E-state index in [9.17, 15) is 0 Å². The van der Waals surface area contributed by atoms with Gasteiger partial charge in [0.2, 0.25) is 0 Å². The Morgan fingerprint density at radius 3 is 1.72 bits per heavy atom. The molecule has 12 rings (SSSR count). The van der Waals surface area contributed by atoms with Crippen molar-refractivity contribution in [3.63, 3.8) is 0 Å². The predicted molar refractivity (Wildman–Crippen MR) is 266 cm³/mol. The monoisotopic (exact) mass is 794 g/mol. The molecular weight excluding hydrogens is 753 g/mol. The standard InChI is InChI=1S/C60H42S/c1-5-53-58(43-31-32-51-45-18-12-13-24-55(45)61-59(51)36(43)2)52-30-29-41(35-54(52)60(53,3)4)39-25-26-40-34-42(28-27-38(40)33-39)56-47-19-8-10-21-49(47)57(50-22-11-9-20-48(50)56)46-23-14-16-37-15-6-7-17-44(37)46/h5-35H,1H2,2-4H3. The topological polar surface area (TPSA) is 0 Å². The minimum absolute atomic E-state index is 0.190. The minimum atomic E-state index is -0.190. The Balaban J connectivity index is 0.957. The van der Waals surface area contributed by atoms with Crippen LogP contribution in [0.15, 0.2) is 200 Å². The van der Waals surface area contributed by atoms with E-state index in [4.69, 9.17) is 0 Å². The number of fused-ring (bicyclic) bond motifs is 8. The van der Waals surface area contributed by atoms with Gasteiger partial charge in [-0.05, 0) is 141 Å². The molecule has 1 aliphatic rings. The van der Waals surface area contributed by atoms with Crippen molar-refractivity contribution in [1.29, 1.82) is 0 Å². The van der Waals surface area contributed by atoms with Crippen molar-refractivity contribution in [2.45, 2.75) is 26.2 Å². The second-order valence-corrected chi connectivity index (χ2v) is 18.3. The fourth-order valence-corrected chi connectivity index (χ4v) is 11.9. The highest BCUT2D eigenvalue weighted by Gasteiger charge is 2.37. The molecule has 0 radical (unpaired) electrons. The first kappa shape index (κ1) is 35.8. The van der Waals surface area contributed by atoms with E-state index in [-0.39, 0.29) is 5.41 Å². The van der Waals surface area contributed by atoms with Crippen molar-refractivity contribution in [2.24, 2.45) is 0 Å². The number of hydrogen-bond donors (Lipinski definition) is 0. The van der Waals surface area contributed by atoms with Gasteiger partial charge in [-0.15, -0.1) is 11.3 Å². The van der Waals surface area contributed by atoms with Crippen LogP contribution in [0.25, 0.3) is 102 Å². The van der Waals surface area contributed by atoms with Crippen LogP contribution in [-0.2, 0) is 5.41 Å². The predicted octanol–water partition coefficient (Wildman–Crippen LogP) is 17.3. The Bertz CT molecular complexity index is 3640. The molecule has 1 heterocycles. The van der Waals surface area contributed by atoms with Crippen molar-refractivity contribution in [1.82, 2.24) is 0 Å². The lowest BCUT2D eigenvalue weighted by atomic mass is 9.80. The number of benzene rings is 10. The molecule has 61 heavy (non-hydrogen) atoms. The molecule has 0 aliphatic heterocycles. The molecule has 1 heteroatoms. The van der Waals surface area contributed by atoms with Gasteiger partial charge in [-0.3, -0.25) is 0 Å². The summed E-state index contributed by atoms with van der Waals surface area (Å²) < 4.78 is 2.71. The maximum absolute atomic E-state index is 4.37. The quantitative estimate of drug-likeness (QED) is 0.152. The first-order chi connectivity index (χ1) is 29.9. The van der Waals surface area contributed by atoms with Crippen LogP contribution in [0.1, 0.15) is 36.1 Å². The summed E-state index contributed by atoms with van der Waals surface area (Å²) in [5.74, 6) is 0. The zero-order chi connectivity index (χ0) is 41.0. The first-order valence-electron chi connectivity index (χ1n) is 21.3. The van der Waals surface area contributed by atoms with Crippen molar-refractivity contribution in [3.05, 3.63) is 222 Å². The number of hydrogen-bond acceptors (Lipinski definition) is 1. The number of rotatable bonds is 5. The third-order valence-electron chi connectivity index (χ3n) is 13.6. The summed E-state index contributed by atoms with van der Waals surface area (Å²) >= 11 is 1.90. The Morgan fingerprint density at radius 1 is 0.443 bits per heavy atom. The lowest BCUT2D eigenvalue weighted by molar-refractivity contribution is 0.654. The molecule has 0 unspecified atom stereocenters. The molecule has 0 bridgehead atoms. The van der Waals surface area contributed by atoms with Gasteiger partial charge in [0.05, 0.1) is 0 Å². The van der Waals surface area contributed by atoms with Gasteiger partial charge in [-0.25, -0.2) is 0 Å². The van der Waals surface area contributed by atoms with Crippen LogP contribution in [0.2, 0.25) is 0 Å². The van der Waals surface area contributed by atoms with Crippen LogP contribution >= 0.6 is 11.3 Å². The summed E-state index contributed by atoms with van der Waals surface area (Å²) in [6.45, 7) is 11.4. The molecule has 0 saturated carbocycles. The fourth-order valence-electron chi connectivity index (χ4n) is 10.7. The highest BCUT2D eigenvalue weighted by atomic mass is 32.1. The molecule has 0 atom stereocenters. The molecule has 0 saturated heterocycles. The zero-order valence-electron chi connectivity index (χ0n) is 34.5. The highest BCUT2D eigenvalue weighted by molar-refractivity contribution is 7.26. The Hall–Kier alpha value is -7.06. The number of aryl methyl sites for hydroxylation is 1. The third kappa shape index (κ3) is 5.30. The van der Waals surface area contributed by atoms with E-state index in [0.717, 1.165) is 0 Å². The molecule has 11 aromatic rings. The number of thiophene rings is 1. The van der Waals surface area contributed by atoms with Gasteiger partial charge < -0.3 is 0 Å². The molecule has 10 aromatic carbocycles. The smallest absolute Gasteiger partial charge is 0.0390 e. The van der Waals surface area contributed by atoms with Crippen LogP contribution in [0, 0.1) is 6.92 Å². The van der Waals surface area contributed by atoms with Crippen molar-refractivity contribution in [3.8, 4) is 33.4 Å². The summed E-state index contributed by atoms with van der Waals surface area (Å²) in [6.07, 6.45) is 2.10. The van der Waals surface area contributed by atoms with Crippen LogP contribution < -0.4 is 0 Å². The van der Waals surface area contributed by atoms with Gasteiger partial charge >= 0.3 is 0 Å². The molecule has 288 valence electrons. The van der Waals surface area contributed by atoms with E-state index in [1.54, 1.807) is 0 Å². The Kier molecular flexibility index (Phi) is 7.92. The van der Waals surface area contributed by atoms with Crippen LogP contribution in [0.3, 0.4) is 0 Å². The van der Waals surface area contributed by atoms with Gasteiger partial charge in [-0.1, -0.05) is 184 Å². The van der Waals surface area contributed by atoms with E-state index in [0.29, 0.717) is 0 Å². The minimum Gasteiger partial charge on any atom is -0.135 e. The van der Waals surface area contributed by atoms with E-state index in [1.165, 1.54) is 130 Å². The van der Waals surface area contributed by atoms with Gasteiger partial charge in [0.1, 0.15) is 0 Å². The van der Waals surface area contributed by atoms with Gasteiger partial charge in [0, 0.05) is 25.6 Å². The molecular formula is C60H42S. The first-order valence-corrected chi connectivity index (χ1v) is 22.1. The molecule has 0 amide bonds. The maximum Gasteiger partial charge on any atom is 0.0390 e. The summed E-state index contributed by atoms with van der Waals surface area (Å²) in [6, 6.07) is 67.9. The second kappa shape index (κ2) is 13.5. The van der Waals surface area contributed by atoms with Gasteiger partial charge in [-0.2, -0.15) is 0 Å². The SMILES string of the molecule is C=CC1=C(c2ccc3c(sc4ccccc43)c2C)c2ccc(-c3ccc4cc(-c5c6ccccc6c(-c6cccc7ccccc67)c6ccccc56)ccc4c3)cc2C1(C)C. The summed E-state index contributed by atoms with van der Waals surface area (Å²) in [4.78, 5) is 0. The van der Waals surface area contributed by atoms with Crippen molar-refractivity contribution in [2.75, 3.05) is 0 Å². The zero-order valence-corrected chi connectivity index (χ0v) is 35.3. The largest absolute Gasteiger partial charge is 0.135 e. The molecule has 1 aliphatic carbocycles. The van der Waals surface area contributed by atoms with E-state index in [1.807, 2.05) is 11.3 Å². The number of allylic oxidation sites excluding steroid dienone is 2. The van der Waals surface area contributed by atoms with Crippen LogP contribution in [0.4, 0.5) is 0 Å². The highest BCUT2D eigenvalue weighted by Crippen LogP contribution is 2.52. The average Bonchev–Trinajstić information content (AvgIpc) is 3.79. The van der Waals surface area contributed by atoms with E-state index >= 15 is 0 Å². The van der Waals surface area contributed by atoms with Crippen molar-refractivity contribution >= 4 is 80.2 Å². The molecule has 0 fully saturated rings. The molecule has 1 aromatic heterocycles. The average molecular weight is 795 g/mol. The van der Waals surface area contributed by atoms with Crippen molar-refractivity contribution < 1.29 is 0 Å². The lowest BCUT2D eigenvalue weighted by Crippen LogP contribution is -2.16. The van der Waals surface area contributed by atoms with E-state index < -0.39 is 0 Å². The van der Waals surface area contributed by atoms with Crippen LogP contribution in [0.5, 0.6) is 0 Å². The summed E-state index contributed by atoms with van der Waals surface area (Å²) in [5.41, 5.74) is 15.3. The van der Waals surface area contributed by atoms with Gasteiger partial charge in [0.15, 0.2) is 0 Å². The van der Waals surface area contributed by atoms with Crippen LogP contribution in [-0.4, -0.2) is 0 Å². The lowest BCUT2D eigenvalue weighted by Gasteiger charge is -2.23. The molecule has 0 N–H and O–H groups in total. The maximum atomic E-state index is 4.37. The normalized spacial score (nSPS) is 13.6. The fraction of sp³-hybridized carbons (Fsp3) is 0.0667. The Labute approximate surface area is 360 Å². The second-order valence-electron chi connectivity index (χ2n) is 17.2. The van der Waals surface area contributed by atoms with E-state index in [2.05, 4.69) is 215 Å². The molecule has 0 nitrogen and oxygen atoms in total. The summed E-state index contributed by atoms with van der Waals surface area (Å²) in [7, 11) is 0. The molecule has 0 spiro atoms. The summed E-state index contributed by atoms with van der Waals surface area (Å²) in [5, 5.41) is 12.8. The Morgan fingerprint density at radius 2 is 1.00 bits per heavy atom. The van der Waals surface area contributed by atoms with Gasteiger partial charge in [0.25, 0.3) is 0 Å².